The van der Waals surface area contributed by atoms with Gasteiger partial charge in [-0.1, -0.05) is 27.2 Å². The summed E-state index contributed by atoms with van der Waals surface area (Å²) in [6.07, 6.45) is 3.12. The van der Waals surface area contributed by atoms with Crippen molar-refractivity contribution in [2.45, 2.75) is 46.1 Å². The van der Waals surface area contributed by atoms with E-state index in [0.29, 0.717) is 23.8 Å². The van der Waals surface area contributed by atoms with Crippen LogP contribution in [-0.4, -0.2) is 6.04 Å². The van der Waals surface area contributed by atoms with E-state index in [1.807, 2.05) is 0 Å². The van der Waals surface area contributed by atoms with Gasteiger partial charge in [0.05, 0.1) is 5.69 Å². The molecule has 1 saturated carbocycles. The predicted molar refractivity (Wildman–Crippen MR) is 75.1 cm³/mol. The molecule has 0 heterocycles. The maximum atomic E-state index is 13.8. The second-order valence-electron chi connectivity index (χ2n) is 6.33. The van der Waals surface area contributed by atoms with Crippen molar-refractivity contribution in [2.24, 2.45) is 17.8 Å². The molecule has 1 N–H and O–H groups in total. The van der Waals surface area contributed by atoms with Gasteiger partial charge < -0.3 is 5.32 Å². The Morgan fingerprint density at radius 1 is 1.15 bits per heavy atom. The van der Waals surface area contributed by atoms with Crippen molar-refractivity contribution in [3.05, 3.63) is 29.6 Å². The third-order valence-corrected chi connectivity index (χ3v) is 4.36. The molecule has 0 radical (unpaired) electrons. The molecule has 0 aromatic heterocycles. The lowest BCUT2D eigenvalue weighted by molar-refractivity contribution is 0.211. The molecule has 0 spiro atoms. The smallest absolute Gasteiger partial charge is 0.182 e. The van der Waals surface area contributed by atoms with Gasteiger partial charge in [0.1, 0.15) is 5.82 Å². The molecular weight excluding hydrogens is 263 g/mol. The number of anilines is 1. The van der Waals surface area contributed by atoms with E-state index >= 15 is 0 Å². The molecule has 4 heteroatoms. The summed E-state index contributed by atoms with van der Waals surface area (Å²) in [6, 6.07) is 1.67. The summed E-state index contributed by atoms with van der Waals surface area (Å²) in [5, 5.41) is 3.04. The van der Waals surface area contributed by atoms with Gasteiger partial charge in [-0.2, -0.15) is 0 Å². The molecule has 1 fully saturated rings. The van der Waals surface area contributed by atoms with Crippen LogP contribution < -0.4 is 5.32 Å². The number of benzene rings is 1. The lowest BCUT2D eigenvalue weighted by Crippen LogP contribution is -2.38. The first-order chi connectivity index (χ1) is 9.38. The monoisotopic (exact) mass is 285 g/mol. The fourth-order valence-corrected chi connectivity index (χ4v) is 3.23. The van der Waals surface area contributed by atoms with Crippen molar-refractivity contribution >= 4 is 5.69 Å². The first kappa shape index (κ1) is 15.2. The zero-order valence-electron chi connectivity index (χ0n) is 12.2. The Labute approximate surface area is 118 Å². The molecule has 1 nitrogen and oxygen atoms in total. The third-order valence-electron chi connectivity index (χ3n) is 4.36. The summed E-state index contributed by atoms with van der Waals surface area (Å²) in [5.41, 5.74) is -0.0627. The highest BCUT2D eigenvalue weighted by Gasteiger charge is 2.31. The van der Waals surface area contributed by atoms with Crippen molar-refractivity contribution < 1.29 is 13.2 Å². The van der Waals surface area contributed by atoms with Gasteiger partial charge in [-0.3, -0.25) is 0 Å². The number of rotatable bonds is 3. The summed E-state index contributed by atoms with van der Waals surface area (Å²) < 4.78 is 40.3. The van der Waals surface area contributed by atoms with Crippen molar-refractivity contribution in [1.82, 2.24) is 0 Å². The molecule has 2 rings (SSSR count). The standard InChI is InChI=1S/C16H22F3N/c1-9(2)12-5-4-10(3)6-14(12)20-15-8-11(17)7-13(18)16(15)19/h7-10,12,14,20H,4-6H2,1-3H3. The zero-order valence-corrected chi connectivity index (χ0v) is 12.2. The molecule has 1 aromatic rings. The minimum absolute atomic E-state index is 0.0627. The molecular formula is C16H22F3N. The van der Waals surface area contributed by atoms with Gasteiger partial charge in [0, 0.05) is 18.2 Å². The van der Waals surface area contributed by atoms with Crippen LogP contribution in [0.25, 0.3) is 0 Å². The minimum Gasteiger partial charge on any atom is -0.379 e. The van der Waals surface area contributed by atoms with Gasteiger partial charge in [-0.25, -0.2) is 13.2 Å². The molecule has 0 amide bonds. The molecule has 1 aliphatic rings. The quantitative estimate of drug-likeness (QED) is 0.773. The van der Waals surface area contributed by atoms with E-state index in [4.69, 9.17) is 0 Å². The first-order valence-corrected chi connectivity index (χ1v) is 7.29. The van der Waals surface area contributed by atoms with Gasteiger partial charge in [0.15, 0.2) is 11.6 Å². The summed E-state index contributed by atoms with van der Waals surface area (Å²) in [5.74, 6) is -1.48. The highest BCUT2D eigenvalue weighted by atomic mass is 19.2. The second kappa shape index (κ2) is 6.06. The number of nitrogens with one attached hydrogen (secondary N) is 1. The van der Waals surface area contributed by atoms with E-state index in [9.17, 15) is 13.2 Å². The molecule has 0 saturated heterocycles. The van der Waals surface area contributed by atoms with E-state index in [0.717, 1.165) is 25.3 Å². The number of hydrogen-bond donors (Lipinski definition) is 1. The highest BCUT2D eigenvalue weighted by molar-refractivity contribution is 5.46. The van der Waals surface area contributed by atoms with E-state index in [-0.39, 0.29) is 11.7 Å². The van der Waals surface area contributed by atoms with Gasteiger partial charge in [-0.05, 0) is 30.6 Å². The first-order valence-electron chi connectivity index (χ1n) is 7.29. The van der Waals surface area contributed by atoms with Crippen molar-refractivity contribution in [3.63, 3.8) is 0 Å². The van der Waals surface area contributed by atoms with Crippen LogP contribution in [0.4, 0.5) is 18.9 Å². The Bertz CT molecular complexity index is 473. The fourth-order valence-electron chi connectivity index (χ4n) is 3.23. The summed E-state index contributed by atoms with van der Waals surface area (Å²) in [4.78, 5) is 0. The zero-order chi connectivity index (χ0) is 14.9. The molecule has 0 bridgehead atoms. The van der Waals surface area contributed by atoms with Crippen LogP contribution >= 0.6 is 0 Å². The van der Waals surface area contributed by atoms with Gasteiger partial charge >= 0.3 is 0 Å². The lowest BCUT2D eigenvalue weighted by atomic mass is 9.74. The summed E-state index contributed by atoms with van der Waals surface area (Å²) in [7, 11) is 0. The lowest BCUT2D eigenvalue weighted by Gasteiger charge is -2.38. The van der Waals surface area contributed by atoms with Crippen LogP contribution in [-0.2, 0) is 0 Å². The largest absolute Gasteiger partial charge is 0.379 e. The van der Waals surface area contributed by atoms with Crippen LogP contribution in [0, 0.1) is 35.2 Å². The summed E-state index contributed by atoms with van der Waals surface area (Å²) >= 11 is 0. The van der Waals surface area contributed by atoms with Crippen LogP contribution in [0.5, 0.6) is 0 Å². The van der Waals surface area contributed by atoms with E-state index in [1.54, 1.807) is 0 Å². The molecule has 3 unspecified atom stereocenters. The Hall–Kier alpha value is -1.19. The topological polar surface area (TPSA) is 12.0 Å². The number of hydrogen-bond acceptors (Lipinski definition) is 1. The Morgan fingerprint density at radius 2 is 1.85 bits per heavy atom. The Balaban J connectivity index is 2.22. The van der Waals surface area contributed by atoms with Crippen LogP contribution in [0.15, 0.2) is 12.1 Å². The van der Waals surface area contributed by atoms with E-state index in [1.165, 1.54) is 0 Å². The Kier molecular flexibility index (Phi) is 4.61. The average Bonchev–Trinajstić information content (AvgIpc) is 2.35. The molecule has 3 atom stereocenters. The average molecular weight is 285 g/mol. The minimum atomic E-state index is -1.14. The second-order valence-corrected chi connectivity index (χ2v) is 6.33. The molecule has 20 heavy (non-hydrogen) atoms. The third kappa shape index (κ3) is 3.28. The van der Waals surface area contributed by atoms with Crippen molar-refractivity contribution in [1.29, 1.82) is 0 Å². The SMILES string of the molecule is CC1CCC(C(C)C)C(Nc2cc(F)cc(F)c2F)C1. The van der Waals surface area contributed by atoms with Crippen LogP contribution in [0.3, 0.4) is 0 Å². The highest BCUT2D eigenvalue weighted by Crippen LogP contribution is 2.35. The number of halogens is 3. The van der Waals surface area contributed by atoms with Crippen LogP contribution in [0.1, 0.15) is 40.0 Å². The molecule has 1 aromatic carbocycles. The van der Waals surface area contributed by atoms with Crippen molar-refractivity contribution in [3.8, 4) is 0 Å². The maximum Gasteiger partial charge on any atom is 0.182 e. The van der Waals surface area contributed by atoms with Gasteiger partial charge in [0.2, 0.25) is 0 Å². The van der Waals surface area contributed by atoms with Crippen LogP contribution in [0.2, 0.25) is 0 Å². The van der Waals surface area contributed by atoms with Gasteiger partial charge in [-0.15, -0.1) is 0 Å². The fraction of sp³-hybridized carbons (Fsp3) is 0.625. The maximum absolute atomic E-state index is 13.8. The molecule has 112 valence electrons. The normalized spacial score (nSPS) is 26.9. The van der Waals surface area contributed by atoms with Gasteiger partial charge in [0.25, 0.3) is 0 Å². The van der Waals surface area contributed by atoms with E-state index in [2.05, 4.69) is 26.1 Å². The molecule has 1 aliphatic carbocycles. The predicted octanol–water partition coefficient (Wildman–Crippen LogP) is 4.98. The Morgan fingerprint density at radius 3 is 2.50 bits per heavy atom. The summed E-state index contributed by atoms with van der Waals surface area (Å²) in [6.45, 7) is 6.43. The van der Waals surface area contributed by atoms with E-state index < -0.39 is 17.5 Å². The molecule has 0 aliphatic heterocycles. The van der Waals surface area contributed by atoms with Crippen molar-refractivity contribution in [2.75, 3.05) is 5.32 Å².